The van der Waals surface area contributed by atoms with E-state index in [1.54, 1.807) is 24.1 Å². The molecule has 1 N–H and O–H groups in total. The van der Waals surface area contributed by atoms with E-state index in [0.717, 1.165) is 27.5 Å². The van der Waals surface area contributed by atoms with Gasteiger partial charge in [-0.15, -0.1) is 0 Å². The van der Waals surface area contributed by atoms with Crippen LogP contribution in [0.3, 0.4) is 0 Å². The standard InChI is InChI=1S/C32H33N3O4S/c1-23-10-6-13-25(20-23)22-34(28(32(37)33-2)21-24-11-4-3-5-12-24)30(36)18-9-19-35-27-16-7-14-26-15-8-17-29(31(26)27)40(35,38)39/h3-8,10-17,20,28H,9,18-19,21-22H2,1-2H3,(H,33,37)/t28-/m1/s1. The summed E-state index contributed by atoms with van der Waals surface area (Å²) in [5.74, 6) is -0.438. The van der Waals surface area contributed by atoms with E-state index in [0.29, 0.717) is 23.4 Å². The average Bonchev–Trinajstić information content (AvgIpc) is 3.18. The molecule has 7 nitrogen and oxygen atoms in total. The van der Waals surface area contributed by atoms with Crippen LogP contribution in [0, 0.1) is 6.92 Å². The number of nitrogens with one attached hydrogen (secondary N) is 1. The molecular weight excluding hydrogens is 522 g/mol. The molecule has 1 atom stereocenters. The first kappa shape index (κ1) is 27.4. The smallest absolute Gasteiger partial charge is 0.265 e. The second-order valence-electron chi connectivity index (χ2n) is 10.1. The van der Waals surface area contributed by atoms with E-state index < -0.39 is 16.1 Å². The minimum atomic E-state index is -3.70. The summed E-state index contributed by atoms with van der Waals surface area (Å²) >= 11 is 0. The minimum Gasteiger partial charge on any atom is -0.357 e. The van der Waals surface area contributed by atoms with Gasteiger partial charge in [0.2, 0.25) is 11.8 Å². The van der Waals surface area contributed by atoms with Gasteiger partial charge in [-0.3, -0.25) is 13.9 Å². The van der Waals surface area contributed by atoms with Gasteiger partial charge in [0.25, 0.3) is 10.0 Å². The van der Waals surface area contributed by atoms with Crippen molar-refractivity contribution in [3.8, 4) is 0 Å². The summed E-state index contributed by atoms with van der Waals surface area (Å²) in [6.07, 6.45) is 0.793. The molecule has 5 rings (SSSR count). The van der Waals surface area contributed by atoms with Gasteiger partial charge in [0.05, 0.1) is 10.6 Å². The van der Waals surface area contributed by atoms with Crippen LogP contribution in [-0.4, -0.2) is 44.8 Å². The second-order valence-corrected chi connectivity index (χ2v) is 12.0. The van der Waals surface area contributed by atoms with Gasteiger partial charge < -0.3 is 10.2 Å². The Kier molecular flexibility index (Phi) is 7.89. The maximum absolute atomic E-state index is 13.8. The second kappa shape index (κ2) is 11.5. The highest BCUT2D eigenvalue weighted by Crippen LogP contribution is 2.42. The monoisotopic (exact) mass is 555 g/mol. The Bertz CT molecular complexity index is 1650. The summed E-state index contributed by atoms with van der Waals surface area (Å²) in [7, 11) is -2.12. The SMILES string of the molecule is CNC(=O)[C@@H](Cc1ccccc1)N(Cc1cccc(C)c1)C(=O)CCCN1c2cccc3cccc(c23)S1(=O)=O. The summed E-state index contributed by atoms with van der Waals surface area (Å²) in [4.78, 5) is 28.9. The summed E-state index contributed by atoms with van der Waals surface area (Å²) in [5, 5.41) is 4.32. The van der Waals surface area contributed by atoms with Gasteiger partial charge in [0.15, 0.2) is 0 Å². The Balaban J connectivity index is 1.38. The molecule has 206 valence electrons. The number of carbonyl (C=O) groups is 2. The van der Waals surface area contributed by atoms with Crippen LogP contribution in [0.4, 0.5) is 5.69 Å². The highest BCUT2D eigenvalue weighted by molar-refractivity contribution is 7.93. The highest BCUT2D eigenvalue weighted by Gasteiger charge is 2.35. The summed E-state index contributed by atoms with van der Waals surface area (Å²) in [5.41, 5.74) is 3.59. The molecule has 0 saturated heterocycles. The molecule has 1 aliphatic rings. The summed E-state index contributed by atoms with van der Waals surface area (Å²) in [6, 6.07) is 27.7. The molecule has 0 fully saturated rings. The fourth-order valence-electron chi connectivity index (χ4n) is 5.44. The first-order chi connectivity index (χ1) is 19.3. The lowest BCUT2D eigenvalue weighted by Gasteiger charge is -2.31. The van der Waals surface area contributed by atoms with Gasteiger partial charge in [0, 0.05) is 38.4 Å². The predicted octanol–water partition coefficient (Wildman–Crippen LogP) is 4.82. The zero-order valence-electron chi connectivity index (χ0n) is 22.7. The lowest BCUT2D eigenvalue weighted by atomic mass is 10.0. The van der Waals surface area contributed by atoms with Crippen molar-refractivity contribution in [2.24, 2.45) is 0 Å². The Morgan fingerprint density at radius 1 is 0.900 bits per heavy atom. The van der Waals surface area contributed by atoms with Gasteiger partial charge in [-0.05, 0) is 42.0 Å². The number of rotatable bonds is 10. The van der Waals surface area contributed by atoms with E-state index in [4.69, 9.17) is 0 Å². The molecule has 4 aromatic carbocycles. The molecule has 0 aliphatic carbocycles. The molecule has 1 aliphatic heterocycles. The van der Waals surface area contributed by atoms with Gasteiger partial charge >= 0.3 is 0 Å². The van der Waals surface area contributed by atoms with Crippen LogP contribution < -0.4 is 9.62 Å². The van der Waals surface area contributed by atoms with E-state index in [9.17, 15) is 18.0 Å². The third kappa shape index (κ3) is 5.45. The molecule has 0 unspecified atom stereocenters. The van der Waals surface area contributed by atoms with Crippen LogP contribution in [0.15, 0.2) is 95.9 Å². The number of carbonyl (C=O) groups excluding carboxylic acids is 2. The molecule has 0 aromatic heterocycles. The zero-order chi connectivity index (χ0) is 28.3. The van der Waals surface area contributed by atoms with Crippen molar-refractivity contribution < 1.29 is 18.0 Å². The Hall–Kier alpha value is -4.17. The zero-order valence-corrected chi connectivity index (χ0v) is 23.5. The van der Waals surface area contributed by atoms with Gasteiger partial charge in [-0.1, -0.05) is 84.4 Å². The fourth-order valence-corrected chi connectivity index (χ4v) is 7.19. The first-order valence-corrected chi connectivity index (χ1v) is 14.9. The molecule has 40 heavy (non-hydrogen) atoms. The van der Waals surface area contributed by atoms with Crippen LogP contribution in [0.5, 0.6) is 0 Å². The molecule has 1 heterocycles. The van der Waals surface area contributed by atoms with Crippen molar-refractivity contribution in [2.45, 2.75) is 43.7 Å². The third-order valence-corrected chi connectivity index (χ3v) is 9.24. The van der Waals surface area contributed by atoms with Crippen molar-refractivity contribution >= 4 is 38.3 Å². The van der Waals surface area contributed by atoms with Crippen LogP contribution in [0.1, 0.15) is 29.5 Å². The number of hydrogen-bond acceptors (Lipinski definition) is 4. The molecule has 0 saturated carbocycles. The van der Waals surface area contributed by atoms with Crippen LogP contribution in [-0.2, 0) is 32.6 Å². The van der Waals surface area contributed by atoms with Gasteiger partial charge in [0.1, 0.15) is 6.04 Å². The maximum Gasteiger partial charge on any atom is 0.265 e. The van der Waals surface area contributed by atoms with E-state index in [1.165, 1.54) is 4.31 Å². The number of nitrogens with zero attached hydrogens (tertiary/aromatic N) is 2. The largest absolute Gasteiger partial charge is 0.357 e. The molecule has 0 bridgehead atoms. The topological polar surface area (TPSA) is 86.8 Å². The molecule has 0 radical (unpaired) electrons. The van der Waals surface area contributed by atoms with Crippen molar-refractivity contribution in [3.63, 3.8) is 0 Å². The molecule has 0 spiro atoms. The quantitative estimate of drug-likeness (QED) is 0.304. The number of anilines is 1. The number of hydrogen-bond donors (Lipinski definition) is 1. The van der Waals surface area contributed by atoms with Crippen LogP contribution in [0.2, 0.25) is 0 Å². The lowest BCUT2D eigenvalue weighted by molar-refractivity contribution is -0.141. The lowest BCUT2D eigenvalue weighted by Crippen LogP contribution is -2.49. The van der Waals surface area contributed by atoms with E-state index >= 15 is 0 Å². The van der Waals surface area contributed by atoms with Crippen LogP contribution >= 0.6 is 0 Å². The van der Waals surface area contributed by atoms with Crippen molar-refractivity contribution in [1.29, 1.82) is 0 Å². The Labute approximate surface area is 235 Å². The molecule has 2 amide bonds. The van der Waals surface area contributed by atoms with Crippen LogP contribution in [0.25, 0.3) is 10.8 Å². The number of sulfonamides is 1. The molecular formula is C32H33N3O4S. The number of amides is 2. The molecule has 8 heteroatoms. The van der Waals surface area contributed by atoms with E-state index in [1.807, 2.05) is 85.8 Å². The van der Waals surface area contributed by atoms with Crippen molar-refractivity contribution in [3.05, 3.63) is 108 Å². The Morgan fingerprint density at radius 3 is 2.33 bits per heavy atom. The first-order valence-electron chi connectivity index (χ1n) is 13.4. The van der Waals surface area contributed by atoms with E-state index in [2.05, 4.69) is 5.32 Å². The van der Waals surface area contributed by atoms with Gasteiger partial charge in [-0.2, -0.15) is 0 Å². The summed E-state index contributed by atoms with van der Waals surface area (Å²) in [6.45, 7) is 2.44. The number of benzene rings is 4. The highest BCUT2D eigenvalue weighted by atomic mass is 32.2. The normalized spacial score (nSPS) is 14.2. The minimum absolute atomic E-state index is 0.104. The predicted molar refractivity (Wildman–Crippen MR) is 157 cm³/mol. The molecule has 4 aromatic rings. The van der Waals surface area contributed by atoms with Crippen molar-refractivity contribution in [2.75, 3.05) is 17.9 Å². The number of aryl methyl sites for hydroxylation is 1. The third-order valence-electron chi connectivity index (χ3n) is 7.39. The maximum atomic E-state index is 13.8. The summed E-state index contributed by atoms with van der Waals surface area (Å²) < 4.78 is 28.1. The van der Waals surface area contributed by atoms with Gasteiger partial charge in [-0.25, -0.2) is 8.42 Å². The van der Waals surface area contributed by atoms with E-state index in [-0.39, 0.29) is 31.3 Å². The number of likely N-dealkylation sites (N-methyl/N-ethyl adjacent to an activating group) is 1. The fraction of sp³-hybridized carbons (Fsp3) is 0.250. The van der Waals surface area contributed by atoms with Crippen molar-refractivity contribution in [1.82, 2.24) is 10.2 Å². The average molecular weight is 556 g/mol. The Morgan fingerprint density at radius 2 is 1.60 bits per heavy atom.